The van der Waals surface area contributed by atoms with Crippen molar-refractivity contribution >= 4 is 137 Å². The number of para-hydroxylation sites is 2. The third kappa shape index (κ3) is 10.5. The van der Waals surface area contributed by atoms with Crippen LogP contribution in [0.1, 0.15) is 52.7 Å². The molecule has 3 heterocycles. The molecule has 0 aliphatic carbocycles. The first kappa shape index (κ1) is 64.3. The van der Waals surface area contributed by atoms with Crippen molar-refractivity contribution in [1.82, 2.24) is 4.57 Å². The molecule has 104 heavy (non-hydrogen) atoms. The number of nitrogens with zero attached hydrogens (tertiary/aromatic N) is 3. The van der Waals surface area contributed by atoms with E-state index in [2.05, 4.69) is 432 Å². The van der Waals surface area contributed by atoms with Gasteiger partial charge in [0.2, 0.25) is 0 Å². The van der Waals surface area contributed by atoms with Gasteiger partial charge in [-0.3, -0.25) is 0 Å². The van der Waals surface area contributed by atoms with Crippen LogP contribution >= 0.6 is 0 Å². The van der Waals surface area contributed by atoms with Gasteiger partial charge in [0.25, 0.3) is 6.71 Å². The van der Waals surface area contributed by atoms with Crippen LogP contribution < -0.4 is 67.7 Å². The zero-order valence-corrected chi connectivity index (χ0v) is 61.7. The smallest absolute Gasteiger partial charge is 0.252 e. The number of fused-ring (bicyclic) bond motifs is 7. The average molecular weight is 1370 g/mol. The van der Waals surface area contributed by atoms with Crippen LogP contribution in [0.3, 0.4) is 0 Å². The SMILES string of the molecule is CC(C)(C)c1ccc(-c2ccc(N3c4cc([Si](c5ccccc5)(c5ccccc5)c5ccccc5)ccc4B4c5ccc([Si](c6ccccc6)(c6ccccc6)c6ccccc6)cc5N(c5cc(C(C)(C)C)ccc5-c5ccccc5)c5cc(-n6c7ccccc7c7ccccc76)cc3c54)cc2)cc1. The fourth-order valence-electron chi connectivity index (χ4n) is 17.4. The van der Waals surface area contributed by atoms with Gasteiger partial charge >= 0.3 is 0 Å². The Morgan fingerprint density at radius 3 is 1.02 bits per heavy atom. The third-order valence-electron chi connectivity index (χ3n) is 22.4. The first-order valence-corrected chi connectivity index (χ1v) is 40.7. The molecule has 0 atom stereocenters. The Hall–Kier alpha value is -11.8. The number of rotatable bonds is 13. The Bertz CT molecular complexity index is 5610. The van der Waals surface area contributed by atoms with Crippen molar-refractivity contribution in [3.63, 3.8) is 0 Å². The molecule has 0 saturated carbocycles. The first-order valence-electron chi connectivity index (χ1n) is 36.7. The quantitative estimate of drug-likeness (QED) is 0.0842. The lowest BCUT2D eigenvalue weighted by atomic mass is 9.33. The summed E-state index contributed by atoms with van der Waals surface area (Å²) in [4.78, 5) is 5.39. The molecule has 2 aliphatic heterocycles. The number of hydrogen-bond donors (Lipinski definition) is 0. The maximum atomic E-state index is 2.73. The van der Waals surface area contributed by atoms with Crippen molar-refractivity contribution in [2.45, 2.75) is 52.4 Å². The van der Waals surface area contributed by atoms with Crippen molar-refractivity contribution < 1.29 is 0 Å². The second-order valence-electron chi connectivity index (χ2n) is 30.3. The lowest BCUT2D eigenvalue weighted by molar-refractivity contribution is 0.590. The monoisotopic (exact) mass is 1370 g/mol. The van der Waals surface area contributed by atoms with Gasteiger partial charge in [0.05, 0.1) is 22.4 Å². The molecule has 0 bridgehead atoms. The fourth-order valence-corrected chi connectivity index (χ4v) is 27.0. The van der Waals surface area contributed by atoms with Gasteiger partial charge in [0.1, 0.15) is 0 Å². The lowest BCUT2D eigenvalue weighted by Crippen LogP contribution is -2.75. The summed E-state index contributed by atoms with van der Waals surface area (Å²) in [6.07, 6.45) is 0. The highest BCUT2D eigenvalue weighted by Gasteiger charge is 2.49. The van der Waals surface area contributed by atoms with Gasteiger partial charge < -0.3 is 14.4 Å². The van der Waals surface area contributed by atoms with E-state index in [1.807, 2.05) is 0 Å². The molecule has 6 heteroatoms. The van der Waals surface area contributed by atoms with Crippen LogP contribution in [0.5, 0.6) is 0 Å². The molecule has 15 aromatic carbocycles. The van der Waals surface area contributed by atoms with E-state index >= 15 is 0 Å². The van der Waals surface area contributed by atoms with Crippen molar-refractivity contribution in [3.8, 4) is 27.9 Å². The molecule has 0 radical (unpaired) electrons. The van der Waals surface area contributed by atoms with Crippen LogP contribution in [-0.2, 0) is 10.8 Å². The van der Waals surface area contributed by atoms with E-state index in [9.17, 15) is 0 Å². The summed E-state index contributed by atoms with van der Waals surface area (Å²) in [5.41, 5.74) is 21.1. The van der Waals surface area contributed by atoms with Crippen molar-refractivity contribution in [1.29, 1.82) is 0 Å². The zero-order valence-electron chi connectivity index (χ0n) is 59.7. The van der Waals surface area contributed by atoms with E-state index in [0.29, 0.717) is 0 Å². The highest BCUT2D eigenvalue weighted by molar-refractivity contribution is 7.20. The Labute approximate surface area is 614 Å². The average Bonchev–Trinajstić information content (AvgIpc) is 0.806. The molecular formula is C98H80BN3Si2. The molecule has 0 fully saturated rings. The largest absolute Gasteiger partial charge is 0.311 e. The van der Waals surface area contributed by atoms with E-state index in [0.717, 1.165) is 56.3 Å². The van der Waals surface area contributed by atoms with E-state index in [1.165, 1.54) is 96.6 Å². The standard InChI is InChI=1S/C98H80BN3Si2/c1-97(2,3)72-54-50-69(51-55-72)70-52-57-74(58-53-70)100-92-67-82(103(76-34-16-8-17-35-76,77-36-18-9-19-37-77)78-38-20-10-21-39-78)59-62-87(92)99-88-63-60-83(104(79-40-22-11-23-41-79,80-42-24-12-25-43-80)81-44-26-13-27-45-81)68-93(88)102(91-64-73(98(4,5)6)56-61-84(91)71-32-14-7-15-33-71)95-66-75(65-94(100)96(95)99)101-89-48-30-28-46-85(89)86-47-29-31-49-90(86)101/h7-68H,1-6H3. The molecule has 3 nitrogen and oxygen atoms in total. The van der Waals surface area contributed by atoms with E-state index in [-0.39, 0.29) is 17.5 Å². The van der Waals surface area contributed by atoms with Gasteiger partial charge in [-0.1, -0.05) is 363 Å². The molecule has 2 aliphatic rings. The Morgan fingerprint density at radius 2 is 0.606 bits per heavy atom. The summed E-state index contributed by atoms with van der Waals surface area (Å²) in [5.74, 6) is 0. The number of hydrogen-bond acceptors (Lipinski definition) is 2. The second kappa shape index (κ2) is 25.6. The van der Waals surface area contributed by atoms with Gasteiger partial charge in [-0.05, 0) is 151 Å². The van der Waals surface area contributed by atoms with Crippen molar-refractivity contribution in [3.05, 3.63) is 387 Å². The summed E-state index contributed by atoms with van der Waals surface area (Å²) >= 11 is 0. The van der Waals surface area contributed by atoms with Crippen LogP contribution in [0, 0.1) is 0 Å². The summed E-state index contributed by atoms with van der Waals surface area (Å²) in [5, 5.41) is 13.0. The molecule has 0 spiro atoms. The van der Waals surface area contributed by atoms with Crippen molar-refractivity contribution in [2.24, 2.45) is 0 Å². The van der Waals surface area contributed by atoms with Crippen molar-refractivity contribution in [2.75, 3.05) is 9.80 Å². The van der Waals surface area contributed by atoms with Crippen LogP contribution in [0.4, 0.5) is 34.1 Å². The molecule has 1 aromatic heterocycles. The van der Waals surface area contributed by atoms with Gasteiger partial charge in [0, 0.05) is 44.8 Å². The third-order valence-corrected chi connectivity index (χ3v) is 32.0. The fraction of sp³-hybridized carbons (Fsp3) is 0.0816. The summed E-state index contributed by atoms with van der Waals surface area (Å²) in [7, 11) is -6.31. The molecule has 0 amide bonds. The summed E-state index contributed by atoms with van der Waals surface area (Å²) < 4.78 is 2.55. The van der Waals surface area contributed by atoms with Gasteiger partial charge in [-0.2, -0.15) is 0 Å². The molecule has 18 rings (SSSR count). The van der Waals surface area contributed by atoms with E-state index < -0.39 is 16.1 Å². The molecule has 0 unspecified atom stereocenters. The summed E-state index contributed by atoms with van der Waals surface area (Å²) in [6, 6.07) is 144. The normalized spacial score (nSPS) is 12.8. The maximum Gasteiger partial charge on any atom is 0.252 e. The van der Waals surface area contributed by atoms with Crippen LogP contribution in [0.2, 0.25) is 0 Å². The minimum Gasteiger partial charge on any atom is -0.311 e. The maximum absolute atomic E-state index is 3.17. The molecule has 498 valence electrons. The van der Waals surface area contributed by atoms with Gasteiger partial charge in [-0.25, -0.2) is 0 Å². The van der Waals surface area contributed by atoms with Crippen LogP contribution in [0.15, 0.2) is 376 Å². The minimum atomic E-state index is -3.17. The number of benzene rings is 15. The minimum absolute atomic E-state index is 0.0331. The highest BCUT2D eigenvalue weighted by Crippen LogP contribution is 2.49. The highest BCUT2D eigenvalue weighted by atomic mass is 28.3. The molecule has 16 aromatic rings. The number of anilines is 6. The number of aromatic nitrogens is 1. The second-order valence-corrected chi connectivity index (χ2v) is 38.0. The molecule has 0 saturated heterocycles. The Morgan fingerprint density at radius 1 is 0.250 bits per heavy atom. The topological polar surface area (TPSA) is 11.4 Å². The van der Waals surface area contributed by atoms with Gasteiger partial charge in [0.15, 0.2) is 16.1 Å². The van der Waals surface area contributed by atoms with E-state index in [4.69, 9.17) is 0 Å². The predicted molar refractivity (Wildman–Crippen MR) is 450 cm³/mol. The molecule has 0 N–H and O–H groups in total. The summed E-state index contributed by atoms with van der Waals surface area (Å²) in [6.45, 7) is 13.7. The zero-order chi connectivity index (χ0) is 70.3. The predicted octanol–water partition coefficient (Wildman–Crippen LogP) is 17.6. The lowest BCUT2D eigenvalue weighted by Gasteiger charge is -2.46. The van der Waals surface area contributed by atoms with E-state index in [1.54, 1.807) is 0 Å². The molecular weight excluding hydrogens is 1290 g/mol. The Balaban J connectivity index is 1.01. The van der Waals surface area contributed by atoms with Gasteiger partial charge in [-0.15, -0.1) is 0 Å². The van der Waals surface area contributed by atoms with Crippen LogP contribution in [0.25, 0.3) is 49.7 Å². The van der Waals surface area contributed by atoms with Crippen LogP contribution in [-0.4, -0.2) is 27.4 Å². The Kier molecular flexibility index (Phi) is 15.8. The first-order chi connectivity index (χ1) is 50.9.